The second-order valence-corrected chi connectivity index (χ2v) is 6.14. The molecule has 15 heavy (non-hydrogen) atoms. The number of carbonyl (C=O) groups is 1. The molecule has 4 heteroatoms. The average Bonchev–Trinajstić information content (AvgIpc) is 2.10. The van der Waals surface area contributed by atoms with E-state index in [1.54, 1.807) is 0 Å². The highest BCUT2D eigenvalue weighted by atomic mass is 79.9. The van der Waals surface area contributed by atoms with Gasteiger partial charge in [0.2, 0.25) is 5.91 Å². The number of carbonyl (C=O) groups excluding carboxylic acids is 1. The van der Waals surface area contributed by atoms with Gasteiger partial charge in [-0.25, -0.2) is 0 Å². The normalized spacial score (nSPS) is 15.9. The lowest BCUT2D eigenvalue weighted by atomic mass is 9.89. The van der Waals surface area contributed by atoms with Crippen LogP contribution >= 0.6 is 15.9 Å². The molecule has 2 unspecified atom stereocenters. The topological polar surface area (TPSA) is 49.3 Å². The summed E-state index contributed by atoms with van der Waals surface area (Å²) in [6.07, 6.45) is 0.971. The molecule has 0 bridgehead atoms. The summed E-state index contributed by atoms with van der Waals surface area (Å²) in [6, 6.07) is 0. The van der Waals surface area contributed by atoms with Gasteiger partial charge in [-0.1, -0.05) is 43.6 Å². The highest BCUT2D eigenvalue weighted by molar-refractivity contribution is 9.10. The molecular formula is C11H22BrNO2. The summed E-state index contributed by atoms with van der Waals surface area (Å²) < 4.78 is 0. The monoisotopic (exact) mass is 279 g/mol. The molecule has 0 aromatic carbocycles. The number of aliphatic hydroxyl groups is 1. The van der Waals surface area contributed by atoms with Gasteiger partial charge in [-0.05, 0) is 18.3 Å². The number of halogens is 1. The molecule has 0 rings (SSSR count). The molecule has 0 aliphatic carbocycles. The lowest BCUT2D eigenvalue weighted by Gasteiger charge is -2.22. The van der Waals surface area contributed by atoms with Crippen molar-refractivity contribution in [2.45, 2.75) is 51.5 Å². The fraction of sp³-hybridized carbons (Fsp3) is 0.909. The van der Waals surface area contributed by atoms with Gasteiger partial charge < -0.3 is 10.4 Å². The van der Waals surface area contributed by atoms with Crippen molar-refractivity contribution in [1.82, 2.24) is 5.32 Å². The van der Waals surface area contributed by atoms with Crippen molar-refractivity contribution >= 4 is 21.8 Å². The molecule has 0 spiro atoms. The molecule has 0 aromatic rings. The van der Waals surface area contributed by atoms with E-state index in [4.69, 9.17) is 0 Å². The fourth-order valence-corrected chi connectivity index (χ4v) is 1.46. The molecule has 0 saturated carbocycles. The SMILES string of the molecule is CCC(Br)C(=O)NCC(O)CC(C)(C)C. The van der Waals surface area contributed by atoms with Crippen LogP contribution in [0, 0.1) is 5.41 Å². The predicted molar refractivity (Wildman–Crippen MR) is 66.1 cm³/mol. The van der Waals surface area contributed by atoms with Gasteiger partial charge in [0, 0.05) is 6.54 Å². The molecule has 0 radical (unpaired) electrons. The minimum Gasteiger partial charge on any atom is -0.391 e. The lowest BCUT2D eigenvalue weighted by Crippen LogP contribution is -2.37. The smallest absolute Gasteiger partial charge is 0.233 e. The third-order valence-corrected chi connectivity index (χ3v) is 3.07. The summed E-state index contributed by atoms with van der Waals surface area (Å²) in [6.45, 7) is 8.47. The predicted octanol–water partition coefficient (Wildman–Crippen LogP) is 2.07. The van der Waals surface area contributed by atoms with Crippen LogP contribution in [0.1, 0.15) is 40.5 Å². The Labute approximate surface area is 101 Å². The minimum absolute atomic E-state index is 0.0505. The molecule has 2 atom stereocenters. The number of alkyl halides is 1. The van der Waals surface area contributed by atoms with E-state index in [2.05, 4.69) is 42.0 Å². The van der Waals surface area contributed by atoms with Crippen LogP contribution in [-0.2, 0) is 4.79 Å². The van der Waals surface area contributed by atoms with Crippen LogP contribution in [0.3, 0.4) is 0 Å². The number of hydrogen-bond acceptors (Lipinski definition) is 2. The molecule has 0 aliphatic heterocycles. The maximum atomic E-state index is 11.4. The zero-order chi connectivity index (χ0) is 12.1. The van der Waals surface area contributed by atoms with Gasteiger partial charge in [0.25, 0.3) is 0 Å². The Balaban J connectivity index is 3.81. The van der Waals surface area contributed by atoms with E-state index in [0.717, 1.165) is 6.42 Å². The van der Waals surface area contributed by atoms with E-state index in [1.807, 2.05) is 6.92 Å². The first-order valence-electron chi connectivity index (χ1n) is 5.36. The molecule has 3 nitrogen and oxygen atoms in total. The Kier molecular flexibility index (Phi) is 6.44. The number of aliphatic hydroxyl groups excluding tert-OH is 1. The van der Waals surface area contributed by atoms with Crippen LogP contribution in [-0.4, -0.2) is 28.5 Å². The van der Waals surface area contributed by atoms with Crippen LogP contribution in [0.2, 0.25) is 0 Å². The van der Waals surface area contributed by atoms with E-state index in [1.165, 1.54) is 0 Å². The minimum atomic E-state index is -0.467. The summed E-state index contributed by atoms with van der Waals surface area (Å²) in [5, 5.41) is 12.4. The van der Waals surface area contributed by atoms with Crippen molar-refractivity contribution in [3.8, 4) is 0 Å². The van der Waals surface area contributed by atoms with Gasteiger partial charge in [0.1, 0.15) is 0 Å². The third kappa shape index (κ3) is 7.79. The van der Waals surface area contributed by atoms with Gasteiger partial charge in [-0.2, -0.15) is 0 Å². The number of nitrogens with one attached hydrogen (secondary N) is 1. The maximum Gasteiger partial charge on any atom is 0.233 e. The van der Waals surface area contributed by atoms with Crippen LogP contribution < -0.4 is 5.32 Å². The lowest BCUT2D eigenvalue weighted by molar-refractivity contribution is -0.121. The summed E-state index contributed by atoms with van der Waals surface area (Å²) in [4.78, 5) is 11.2. The van der Waals surface area contributed by atoms with Crippen LogP contribution in [0.25, 0.3) is 0 Å². The van der Waals surface area contributed by atoms with Gasteiger partial charge in [0.05, 0.1) is 10.9 Å². The van der Waals surface area contributed by atoms with Gasteiger partial charge in [0.15, 0.2) is 0 Å². The zero-order valence-corrected chi connectivity index (χ0v) is 11.6. The Morgan fingerprint density at radius 1 is 1.47 bits per heavy atom. The first kappa shape index (κ1) is 14.9. The maximum absolute atomic E-state index is 11.4. The molecule has 90 valence electrons. The van der Waals surface area contributed by atoms with E-state index < -0.39 is 6.10 Å². The quantitative estimate of drug-likeness (QED) is 0.757. The second kappa shape index (κ2) is 6.48. The van der Waals surface area contributed by atoms with Crippen molar-refractivity contribution < 1.29 is 9.90 Å². The largest absolute Gasteiger partial charge is 0.391 e. The molecule has 0 aromatic heterocycles. The summed E-state index contributed by atoms with van der Waals surface area (Å²) in [7, 11) is 0. The van der Waals surface area contributed by atoms with Gasteiger partial charge in [-0.3, -0.25) is 4.79 Å². The third-order valence-electron chi connectivity index (χ3n) is 2.00. The summed E-state index contributed by atoms with van der Waals surface area (Å²) in [5.41, 5.74) is 0.0860. The van der Waals surface area contributed by atoms with E-state index in [9.17, 15) is 9.90 Å². The van der Waals surface area contributed by atoms with Crippen molar-refractivity contribution in [2.24, 2.45) is 5.41 Å². The molecule has 1 amide bonds. The van der Waals surface area contributed by atoms with Crippen LogP contribution in [0.15, 0.2) is 0 Å². The standard InChI is InChI=1S/C11H22BrNO2/c1-5-9(12)10(15)13-7-8(14)6-11(2,3)4/h8-9,14H,5-7H2,1-4H3,(H,13,15). The molecule has 0 aliphatic rings. The van der Waals surface area contributed by atoms with E-state index in [0.29, 0.717) is 13.0 Å². The number of amides is 1. The Morgan fingerprint density at radius 2 is 2.00 bits per heavy atom. The van der Waals surface area contributed by atoms with Gasteiger partial charge in [-0.15, -0.1) is 0 Å². The number of rotatable bonds is 5. The van der Waals surface area contributed by atoms with Crippen molar-refractivity contribution in [3.63, 3.8) is 0 Å². The highest BCUT2D eigenvalue weighted by Gasteiger charge is 2.18. The summed E-state index contributed by atoms with van der Waals surface area (Å²) in [5.74, 6) is -0.0505. The summed E-state index contributed by atoms with van der Waals surface area (Å²) >= 11 is 3.26. The number of hydrogen-bond donors (Lipinski definition) is 2. The zero-order valence-electron chi connectivity index (χ0n) is 10.0. The van der Waals surface area contributed by atoms with Crippen LogP contribution in [0.4, 0.5) is 0 Å². The van der Waals surface area contributed by atoms with Crippen molar-refractivity contribution in [2.75, 3.05) is 6.54 Å². The fourth-order valence-electron chi connectivity index (χ4n) is 1.29. The Hall–Kier alpha value is -0.0900. The van der Waals surface area contributed by atoms with Crippen LogP contribution in [0.5, 0.6) is 0 Å². The van der Waals surface area contributed by atoms with Gasteiger partial charge >= 0.3 is 0 Å². The van der Waals surface area contributed by atoms with E-state index >= 15 is 0 Å². The first-order chi connectivity index (χ1) is 6.76. The molecule has 2 N–H and O–H groups in total. The molecule has 0 fully saturated rings. The molecular weight excluding hydrogens is 258 g/mol. The second-order valence-electron chi connectivity index (χ2n) is 5.04. The van der Waals surface area contributed by atoms with Crippen molar-refractivity contribution in [1.29, 1.82) is 0 Å². The van der Waals surface area contributed by atoms with Crippen molar-refractivity contribution in [3.05, 3.63) is 0 Å². The molecule has 0 saturated heterocycles. The highest BCUT2D eigenvalue weighted by Crippen LogP contribution is 2.20. The Bertz CT molecular complexity index is 201. The first-order valence-corrected chi connectivity index (χ1v) is 6.27. The Morgan fingerprint density at radius 3 is 2.40 bits per heavy atom. The molecule has 0 heterocycles. The van der Waals surface area contributed by atoms with E-state index in [-0.39, 0.29) is 16.1 Å². The average molecular weight is 280 g/mol.